The van der Waals surface area contributed by atoms with Crippen LogP contribution in [0.3, 0.4) is 0 Å². The minimum Gasteiger partial charge on any atom is -0.457 e. The first-order valence-electron chi connectivity index (χ1n) is 8.71. The molecule has 25 heavy (non-hydrogen) atoms. The monoisotopic (exact) mass is 326 g/mol. The van der Waals surface area contributed by atoms with Crippen molar-refractivity contribution in [3.05, 3.63) is 84.4 Å². The van der Waals surface area contributed by atoms with Crippen LogP contribution in [-0.2, 0) is 5.41 Å². The van der Waals surface area contributed by atoms with Crippen molar-refractivity contribution in [3.63, 3.8) is 0 Å². The largest absolute Gasteiger partial charge is 0.457 e. The molecule has 4 aromatic carbocycles. The van der Waals surface area contributed by atoms with Gasteiger partial charge in [-0.05, 0) is 57.5 Å². The molecule has 0 aromatic heterocycles. The third-order valence-electron chi connectivity index (χ3n) is 4.65. The fraction of sp³-hybridized carbons (Fsp3) is 0.167. The van der Waals surface area contributed by atoms with Gasteiger partial charge in [-0.3, -0.25) is 0 Å². The molecule has 0 heterocycles. The van der Waals surface area contributed by atoms with Crippen LogP contribution in [0.4, 0.5) is 0 Å². The van der Waals surface area contributed by atoms with E-state index in [1.807, 2.05) is 6.07 Å². The molecule has 0 aliphatic rings. The first-order chi connectivity index (χ1) is 12.0. The van der Waals surface area contributed by atoms with Gasteiger partial charge in [0.15, 0.2) is 0 Å². The van der Waals surface area contributed by atoms with Gasteiger partial charge in [-0.1, -0.05) is 69.3 Å². The third kappa shape index (κ3) is 3.10. The number of hydrogen-bond acceptors (Lipinski definition) is 1. The Kier molecular flexibility index (Phi) is 3.73. The summed E-state index contributed by atoms with van der Waals surface area (Å²) in [6, 6.07) is 27.5. The zero-order valence-corrected chi connectivity index (χ0v) is 14.9. The van der Waals surface area contributed by atoms with Crippen molar-refractivity contribution >= 4 is 21.5 Å². The summed E-state index contributed by atoms with van der Waals surface area (Å²) in [4.78, 5) is 0. The smallest absolute Gasteiger partial charge is 0.135 e. The Bertz CT molecular complexity index is 1040. The van der Waals surface area contributed by atoms with Gasteiger partial charge in [-0.15, -0.1) is 0 Å². The molecule has 0 saturated carbocycles. The van der Waals surface area contributed by atoms with Gasteiger partial charge < -0.3 is 4.74 Å². The van der Waals surface area contributed by atoms with Crippen LogP contribution in [-0.4, -0.2) is 0 Å². The van der Waals surface area contributed by atoms with Crippen LogP contribution in [0.1, 0.15) is 26.3 Å². The van der Waals surface area contributed by atoms with E-state index < -0.39 is 0 Å². The lowest BCUT2D eigenvalue weighted by molar-refractivity contribution is 0.487. The lowest BCUT2D eigenvalue weighted by atomic mass is 9.87. The van der Waals surface area contributed by atoms with E-state index in [1.165, 1.54) is 21.7 Å². The highest BCUT2D eigenvalue weighted by Crippen LogP contribution is 2.33. The third-order valence-corrected chi connectivity index (χ3v) is 4.65. The second kappa shape index (κ2) is 5.93. The summed E-state index contributed by atoms with van der Waals surface area (Å²) in [5, 5.41) is 4.82. The summed E-state index contributed by atoms with van der Waals surface area (Å²) in [5.74, 6) is 1.76. The van der Waals surface area contributed by atoms with Crippen LogP contribution >= 0.6 is 0 Å². The highest BCUT2D eigenvalue weighted by atomic mass is 16.5. The van der Waals surface area contributed by atoms with Crippen molar-refractivity contribution in [1.82, 2.24) is 0 Å². The molecule has 124 valence electrons. The van der Waals surface area contributed by atoms with Gasteiger partial charge in [0.1, 0.15) is 11.5 Å². The Morgan fingerprint density at radius 1 is 0.640 bits per heavy atom. The molecule has 0 aliphatic heterocycles. The normalized spacial score (nSPS) is 11.8. The first kappa shape index (κ1) is 15.7. The van der Waals surface area contributed by atoms with Crippen molar-refractivity contribution in [2.24, 2.45) is 0 Å². The molecule has 0 saturated heterocycles. The average molecular weight is 326 g/mol. The zero-order valence-electron chi connectivity index (χ0n) is 14.9. The van der Waals surface area contributed by atoms with E-state index in [2.05, 4.69) is 93.6 Å². The molecule has 0 bridgehead atoms. The summed E-state index contributed by atoms with van der Waals surface area (Å²) in [5.41, 5.74) is 1.46. The summed E-state index contributed by atoms with van der Waals surface area (Å²) in [6.07, 6.45) is 0. The minimum absolute atomic E-state index is 0.150. The molecule has 1 heteroatoms. The molecule has 4 aromatic rings. The fourth-order valence-corrected chi connectivity index (χ4v) is 3.18. The highest BCUT2D eigenvalue weighted by molar-refractivity contribution is 6.00. The molecule has 0 spiro atoms. The number of ether oxygens (including phenoxy) is 1. The highest BCUT2D eigenvalue weighted by Gasteiger charge is 2.13. The van der Waals surface area contributed by atoms with Crippen LogP contribution in [0.25, 0.3) is 21.5 Å². The average Bonchev–Trinajstić information content (AvgIpc) is 2.60. The van der Waals surface area contributed by atoms with Crippen molar-refractivity contribution in [2.45, 2.75) is 26.2 Å². The standard InChI is InChI=1S/C24H22O/c1-24(2,3)20-11-13-21(14-12-20)25-23-10-6-9-19-15-17-7-4-5-8-18(17)16-22(19)23/h4-16H,1-3H3. The van der Waals surface area contributed by atoms with Gasteiger partial charge in [0.2, 0.25) is 0 Å². The molecule has 0 N–H and O–H groups in total. The van der Waals surface area contributed by atoms with Crippen LogP contribution in [0.15, 0.2) is 78.9 Å². The summed E-state index contributed by atoms with van der Waals surface area (Å²) in [7, 11) is 0. The lowest BCUT2D eigenvalue weighted by Crippen LogP contribution is -2.10. The van der Waals surface area contributed by atoms with Gasteiger partial charge in [0.05, 0.1) is 0 Å². The number of rotatable bonds is 2. The minimum atomic E-state index is 0.150. The number of fused-ring (bicyclic) bond motifs is 2. The maximum atomic E-state index is 6.21. The SMILES string of the molecule is CC(C)(C)c1ccc(Oc2cccc3cc4ccccc4cc23)cc1. The van der Waals surface area contributed by atoms with Gasteiger partial charge in [-0.2, -0.15) is 0 Å². The predicted molar refractivity (Wildman–Crippen MR) is 107 cm³/mol. The second-order valence-corrected chi connectivity index (χ2v) is 7.55. The number of hydrogen-bond donors (Lipinski definition) is 0. The fourth-order valence-electron chi connectivity index (χ4n) is 3.18. The summed E-state index contributed by atoms with van der Waals surface area (Å²) in [6.45, 7) is 6.66. The Morgan fingerprint density at radius 3 is 1.96 bits per heavy atom. The Balaban J connectivity index is 1.75. The molecule has 0 radical (unpaired) electrons. The molecule has 0 atom stereocenters. The Hall–Kier alpha value is -2.80. The van der Waals surface area contributed by atoms with Crippen molar-refractivity contribution in [3.8, 4) is 11.5 Å². The Morgan fingerprint density at radius 2 is 1.28 bits per heavy atom. The summed E-state index contributed by atoms with van der Waals surface area (Å²) >= 11 is 0. The van der Waals surface area contributed by atoms with E-state index in [0.717, 1.165) is 16.9 Å². The first-order valence-corrected chi connectivity index (χ1v) is 8.71. The maximum absolute atomic E-state index is 6.21. The molecular weight excluding hydrogens is 304 g/mol. The molecule has 0 fully saturated rings. The van der Waals surface area contributed by atoms with E-state index in [1.54, 1.807) is 0 Å². The predicted octanol–water partition coefficient (Wildman–Crippen LogP) is 7.08. The van der Waals surface area contributed by atoms with Gasteiger partial charge in [-0.25, -0.2) is 0 Å². The summed E-state index contributed by atoms with van der Waals surface area (Å²) < 4.78 is 6.21. The van der Waals surface area contributed by atoms with Crippen molar-refractivity contribution < 1.29 is 4.74 Å². The van der Waals surface area contributed by atoms with E-state index in [4.69, 9.17) is 4.74 Å². The van der Waals surface area contributed by atoms with E-state index in [-0.39, 0.29) is 5.41 Å². The Labute approximate surface area is 148 Å². The van der Waals surface area contributed by atoms with Crippen LogP contribution in [0.5, 0.6) is 11.5 Å². The molecule has 1 nitrogen and oxygen atoms in total. The van der Waals surface area contributed by atoms with E-state index >= 15 is 0 Å². The zero-order chi connectivity index (χ0) is 17.4. The molecule has 0 amide bonds. The maximum Gasteiger partial charge on any atom is 0.135 e. The second-order valence-electron chi connectivity index (χ2n) is 7.55. The van der Waals surface area contributed by atoms with E-state index in [0.29, 0.717) is 0 Å². The van der Waals surface area contributed by atoms with Gasteiger partial charge in [0, 0.05) is 5.39 Å². The van der Waals surface area contributed by atoms with E-state index in [9.17, 15) is 0 Å². The topological polar surface area (TPSA) is 9.23 Å². The van der Waals surface area contributed by atoms with Crippen LogP contribution < -0.4 is 4.74 Å². The lowest BCUT2D eigenvalue weighted by Gasteiger charge is -2.19. The van der Waals surface area contributed by atoms with Crippen molar-refractivity contribution in [2.75, 3.05) is 0 Å². The van der Waals surface area contributed by atoms with Gasteiger partial charge in [0.25, 0.3) is 0 Å². The number of benzene rings is 4. The molecule has 0 unspecified atom stereocenters. The molecular formula is C24H22O. The van der Waals surface area contributed by atoms with Crippen molar-refractivity contribution in [1.29, 1.82) is 0 Å². The quantitative estimate of drug-likeness (QED) is 0.357. The molecule has 4 rings (SSSR count). The van der Waals surface area contributed by atoms with Crippen LogP contribution in [0.2, 0.25) is 0 Å². The molecule has 0 aliphatic carbocycles. The van der Waals surface area contributed by atoms with Gasteiger partial charge >= 0.3 is 0 Å². The van der Waals surface area contributed by atoms with Crippen LogP contribution in [0, 0.1) is 0 Å².